The van der Waals surface area contributed by atoms with Gasteiger partial charge in [0.2, 0.25) is 0 Å². The van der Waals surface area contributed by atoms with Crippen LogP contribution in [0.4, 0.5) is 0 Å². The van der Waals surface area contributed by atoms with Crippen LogP contribution in [0.2, 0.25) is 4.34 Å². The molecule has 5 nitrogen and oxygen atoms in total. The zero-order valence-electron chi connectivity index (χ0n) is 7.97. The maximum atomic E-state index is 11.0. The van der Waals surface area contributed by atoms with E-state index in [1.165, 1.54) is 18.9 Å². The first-order chi connectivity index (χ1) is 7.15. The molecule has 0 bridgehead atoms. The van der Waals surface area contributed by atoms with Gasteiger partial charge < -0.3 is 10.5 Å². The fraction of sp³-hybridized carbons (Fsp3) is 0.571. The molecule has 15 heavy (non-hydrogen) atoms. The van der Waals surface area contributed by atoms with Crippen molar-refractivity contribution in [2.45, 2.75) is 11.8 Å². The average molecular weight is 268 g/mol. The van der Waals surface area contributed by atoms with Crippen LogP contribution in [-0.2, 0) is 15.3 Å². The lowest BCUT2D eigenvalue weighted by molar-refractivity contribution is -0.141. The quantitative estimate of drug-likeness (QED) is 0.800. The van der Waals surface area contributed by atoms with Crippen LogP contribution in [0.3, 0.4) is 0 Å². The van der Waals surface area contributed by atoms with Gasteiger partial charge in [0.05, 0.1) is 7.11 Å². The normalized spacial score (nSPS) is 12.5. The molecule has 8 heteroatoms. The van der Waals surface area contributed by atoms with Crippen molar-refractivity contribution in [2.24, 2.45) is 5.73 Å². The van der Waals surface area contributed by atoms with Crippen LogP contribution < -0.4 is 5.73 Å². The number of hydrogen-bond acceptors (Lipinski definition) is 7. The largest absolute Gasteiger partial charge is 0.468 e. The minimum atomic E-state index is -0.606. The Morgan fingerprint density at radius 2 is 2.53 bits per heavy atom. The molecule has 1 aromatic heterocycles. The number of hydrogen-bond donors (Lipinski definition) is 1. The van der Waals surface area contributed by atoms with Gasteiger partial charge in [0, 0.05) is 23.0 Å². The Balaban J connectivity index is 2.28. The molecule has 1 aromatic rings. The number of ether oxygens (including phenoxy) is 1. The van der Waals surface area contributed by atoms with Crippen molar-refractivity contribution in [3.05, 3.63) is 10.0 Å². The minimum Gasteiger partial charge on any atom is -0.468 e. The third kappa shape index (κ3) is 3.94. The van der Waals surface area contributed by atoms with Gasteiger partial charge in [0.25, 0.3) is 0 Å². The first kappa shape index (κ1) is 12.7. The van der Waals surface area contributed by atoms with Gasteiger partial charge in [-0.15, -0.1) is 5.10 Å². The molecule has 0 saturated heterocycles. The number of rotatable bonds is 5. The summed E-state index contributed by atoms with van der Waals surface area (Å²) in [6.45, 7) is 0. The highest BCUT2D eigenvalue weighted by Gasteiger charge is 2.14. The van der Waals surface area contributed by atoms with Crippen LogP contribution in [0.15, 0.2) is 0 Å². The zero-order chi connectivity index (χ0) is 11.3. The number of aromatic nitrogens is 2. The summed E-state index contributed by atoms with van der Waals surface area (Å²) in [7, 11) is 1.31. The topological polar surface area (TPSA) is 78.1 Å². The Kier molecular flexibility index (Phi) is 5.30. The molecule has 0 radical (unpaired) electrons. The number of nitrogens with zero attached hydrogens (tertiary/aromatic N) is 2. The van der Waals surface area contributed by atoms with Crippen molar-refractivity contribution < 1.29 is 9.53 Å². The number of carbonyl (C=O) groups excluding carboxylic acids is 1. The molecular formula is C7H10ClN3O2S2. The first-order valence-electron chi connectivity index (χ1n) is 4.03. The Morgan fingerprint density at radius 3 is 3.07 bits per heavy atom. The standard InChI is InChI=1S/C7H10ClN3O2S2/c1-13-7(12)4(9)2-14-3-5-6(8)15-11-10-5/h4H,2-3,9H2,1H3. The molecule has 0 aliphatic rings. The van der Waals surface area contributed by atoms with Gasteiger partial charge >= 0.3 is 5.97 Å². The minimum absolute atomic E-state index is 0.412. The van der Waals surface area contributed by atoms with E-state index in [-0.39, 0.29) is 0 Å². The molecule has 1 atom stereocenters. The molecule has 0 saturated carbocycles. The molecule has 0 fully saturated rings. The van der Waals surface area contributed by atoms with Crippen LogP contribution >= 0.6 is 34.9 Å². The van der Waals surface area contributed by atoms with E-state index in [2.05, 4.69) is 14.3 Å². The molecule has 84 valence electrons. The lowest BCUT2D eigenvalue weighted by atomic mass is 10.4. The Morgan fingerprint density at radius 1 is 1.80 bits per heavy atom. The molecule has 2 N–H and O–H groups in total. The van der Waals surface area contributed by atoms with Crippen LogP contribution in [0, 0.1) is 0 Å². The van der Waals surface area contributed by atoms with Gasteiger partial charge in [-0.3, -0.25) is 4.79 Å². The second-order valence-corrected chi connectivity index (χ2v) is 5.02. The van der Waals surface area contributed by atoms with Crippen molar-refractivity contribution in [3.8, 4) is 0 Å². The van der Waals surface area contributed by atoms with Gasteiger partial charge in [-0.25, -0.2) is 0 Å². The van der Waals surface area contributed by atoms with Crippen LogP contribution in [0.25, 0.3) is 0 Å². The van der Waals surface area contributed by atoms with Crippen molar-refractivity contribution in [1.82, 2.24) is 9.59 Å². The first-order valence-corrected chi connectivity index (χ1v) is 6.33. The highest BCUT2D eigenvalue weighted by Crippen LogP contribution is 2.22. The molecule has 0 aromatic carbocycles. The number of methoxy groups -OCH3 is 1. The summed E-state index contributed by atoms with van der Waals surface area (Å²) < 4.78 is 8.77. The summed E-state index contributed by atoms with van der Waals surface area (Å²) in [4.78, 5) is 11.0. The number of halogens is 1. The van der Waals surface area contributed by atoms with Gasteiger partial charge in [-0.1, -0.05) is 16.1 Å². The molecule has 0 spiro atoms. The van der Waals surface area contributed by atoms with Crippen LogP contribution in [0.5, 0.6) is 0 Å². The number of carbonyl (C=O) groups is 1. The lowest BCUT2D eigenvalue weighted by Gasteiger charge is -2.07. The monoisotopic (exact) mass is 267 g/mol. The molecule has 1 unspecified atom stereocenters. The van der Waals surface area contributed by atoms with E-state index in [1.54, 1.807) is 0 Å². The summed E-state index contributed by atoms with van der Waals surface area (Å²) in [5.41, 5.74) is 6.27. The Bertz CT molecular complexity index is 334. The van der Waals surface area contributed by atoms with Crippen molar-refractivity contribution in [3.63, 3.8) is 0 Å². The maximum absolute atomic E-state index is 11.0. The highest BCUT2D eigenvalue weighted by molar-refractivity contribution is 7.98. The van der Waals surface area contributed by atoms with E-state index in [0.717, 1.165) is 17.2 Å². The predicted octanol–water partition coefficient (Wildman–Crippen LogP) is 0.925. The van der Waals surface area contributed by atoms with E-state index >= 15 is 0 Å². The van der Waals surface area contributed by atoms with Gasteiger partial charge in [0.15, 0.2) is 0 Å². The fourth-order valence-corrected chi connectivity index (χ4v) is 2.49. The Hall–Kier alpha value is -0.370. The van der Waals surface area contributed by atoms with Crippen molar-refractivity contribution in [1.29, 1.82) is 0 Å². The Labute approximate surface area is 100 Å². The summed E-state index contributed by atoms with van der Waals surface area (Å²) in [6.07, 6.45) is 0. The molecule has 0 aliphatic carbocycles. The van der Waals surface area contributed by atoms with Crippen molar-refractivity contribution >= 4 is 40.9 Å². The van der Waals surface area contributed by atoms with Crippen LogP contribution in [-0.4, -0.2) is 34.5 Å². The molecule has 0 amide bonds. The summed E-state index contributed by atoms with van der Waals surface area (Å²) in [5, 5.41) is 3.84. The highest BCUT2D eigenvalue weighted by atomic mass is 35.5. The molecule has 0 aliphatic heterocycles. The smallest absolute Gasteiger partial charge is 0.323 e. The molecule has 1 heterocycles. The van der Waals surface area contributed by atoms with E-state index < -0.39 is 12.0 Å². The lowest BCUT2D eigenvalue weighted by Crippen LogP contribution is -2.33. The second kappa shape index (κ2) is 6.26. The zero-order valence-corrected chi connectivity index (χ0v) is 10.4. The predicted molar refractivity (Wildman–Crippen MR) is 61.1 cm³/mol. The van der Waals surface area contributed by atoms with E-state index in [9.17, 15) is 4.79 Å². The van der Waals surface area contributed by atoms with Crippen molar-refractivity contribution in [2.75, 3.05) is 12.9 Å². The van der Waals surface area contributed by atoms with Gasteiger partial charge in [-0.05, 0) is 0 Å². The van der Waals surface area contributed by atoms with Crippen LogP contribution in [0.1, 0.15) is 5.69 Å². The third-order valence-electron chi connectivity index (χ3n) is 1.55. The summed E-state index contributed by atoms with van der Waals surface area (Å²) in [6, 6.07) is -0.606. The van der Waals surface area contributed by atoms with Gasteiger partial charge in [0.1, 0.15) is 16.1 Å². The third-order valence-corrected chi connectivity index (χ3v) is 3.61. The molecular weight excluding hydrogens is 258 g/mol. The number of thioether (sulfide) groups is 1. The van der Waals surface area contributed by atoms with E-state index in [4.69, 9.17) is 17.3 Å². The maximum Gasteiger partial charge on any atom is 0.323 e. The van der Waals surface area contributed by atoms with E-state index in [0.29, 0.717) is 15.8 Å². The second-order valence-electron chi connectivity index (χ2n) is 2.64. The van der Waals surface area contributed by atoms with Gasteiger partial charge in [-0.2, -0.15) is 11.8 Å². The summed E-state index contributed by atoms with van der Waals surface area (Å²) >= 11 is 8.42. The number of nitrogens with two attached hydrogens (primary N) is 1. The number of esters is 1. The fourth-order valence-electron chi connectivity index (χ4n) is 0.785. The average Bonchev–Trinajstić information content (AvgIpc) is 2.63. The summed E-state index contributed by atoms with van der Waals surface area (Å²) in [5.74, 6) is 0.658. The van der Waals surface area contributed by atoms with E-state index in [1.807, 2.05) is 0 Å². The molecule has 1 rings (SSSR count). The SMILES string of the molecule is COC(=O)C(N)CSCc1nnsc1Cl.